The average molecular weight is 250 g/mol. The maximum absolute atomic E-state index is 12.8. The molecule has 1 aromatic carbocycles. The Hall–Kier alpha value is -1.26. The van der Waals surface area contributed by atoms with E-state index in [1.54, 1.807) is 23.5 Å². The number of nitrogens with two attached hydrogens (primary N) is 1. The van der Waals surface area contributed by atoms with E-state index in [0.717, 1.165) is 16.3 Å². The molecule has 2 rings (SSSR count). The van der Waals surface area contributed by atoms with Crippen molar-refractivity contribution in [1.29, 1.82) is 0 Å². The first-order valence-electron chi connectivity index (χ1n) is 5.55. The summed E-state index contributed by atoms with van der Waals surface area (Å²) in [5, 5.41) is 0.929. The van der Waals surface area contributed by atoms with Crippen LogP contribution in [0.1, 0.15) is 23.4 Å². The van der Waals surface area contributed by atoms with Gasteiger partial charge in [0.05, 0.1) is 5.69 Å². The van der Waals surface area contributed by atoms with Crippen LogP contribution in [0.4, 0.5) is 4.39 Å². The van der Waals surface area contributed by atoms with Gasteiger partial charge in [0.2, 0.25) is 0 Å². The van der Waals surface area contributed by atoms with Crippen LogP contribution in [0.2, 0.25) is 0 Å². The van der Waals surface area contributed by atoms with Gasteiger partial charge in [-0.1, -0.05) is 6.92 Å². The summed E-state index contributed by atoms with van der Waals surface area (Å²) in [6.45, 7) is 4.70. The molecule has 1 atom stereocenters. The minimum atomic E-state index is -0.224. The van der Waals surface area contributed by atoms with Gasteiger partial charge < -0.3 is 5.73 Å². The number of aryl methyl sites for hydroxylation is 1. The average Bonchev–Trinajstić information content (AvgIpc) is 2.71. The van der Waals surface area contributed by atoms with Crippen molar-refractivity contribution in [3.8, 4) is 10.6 Å². The number of aromatic nitrogens is 1. The second-order valence-corrected chi connectivity index (χ2v) is 5.14. The van der Waals surface area contributed by atoms with E-state index in [-0.39, 0.29) is 5.82 Å². The number of hydrogen-bond acceptors (Lipinski definition) is 3. The highest BCUT2D eigenvalue weighted by Gasteiger charge is 2.13. The van der Waals surface area contributed by atoms with Crippen molar-refractivity contribution in [3.63, 3.8) is 0 Å². The molecule has 0 bridgehead atoms. The molecule has 90 valence electrons. The molecule has 2 nitrogen and oxygen atoms in total. The maximum atomic E-state index is 12.8. The molecular formula is C13H15FN2S. The Labute approximate surface area is 104 Å². The fourth-order valence-corrected chi connectivity index (χ4v) is 2.82. The molecule has 0 aliphatic rings. The van der Waals surface area contributed by atoms with Crippen LogP contribution in [0.3, 0.4) is 0 Å². The van der Waals surface area contributed by atoms with Gasteiger partial charge in [0, 0.05) is 16.4 Å². The quantitative estimate of drug-likeness (QED) is 0.907. The summed E-state index contributed by atoms with van der Waals surface area (Å²) in [6.07, 6.45) is 0. The van der Waals surface area contributed by atoms with Gasteiger partial charge in [-0.2, -0.15) is 0 Å². The minimum absolute atomic E-state index is 0.224. The van der Waals surface area contributed by atoms with Crippen LogP contribution < -0.4 is 5.73 Å². The van der Waals surface area contributed by atoms with E-state index in [4.69, 9.17) is 5.73 Å². The number of rotatable bonds is 3. The van der Waals surface area contributed by atoms with Crippen LogP contribution in [0, 0.1) is 12.7 Å². The predicted molar refractivity (Wildman–Crippen MR) is 69.7 cm³/mol. The van der Waals surface area contributed by atoms with E-state index < -0.39 is 0 Å². The standard InChI is InChI=1S/C13H15FN2S/c1-8(7-15)12-9(2)16-13(17-12)10-3-5-11(14)6-4-10/h3-6,8H,7,15H2,1-2H3. The first kappa shape index (κ1) is 12.2. The molecular weight excluding hydrogens is 235 g/mol. The van der Waals surface area contributed by atoms with E-state index in [2.05, 4.69) is 11.9 Å². The summed E-state index contributed by atoms with van der Waals surface area (Å²) in [4.78, 5) is 5.73. The lowest BCUT2D eigenvalue weighted by Gasteiger charge is -2.04. The van der Waals surface area contributed by atoms with Crippen molar-refractivity contribution in [2.45, 2.75) is 19.8 Å². The van der Waals surface area contributed by atoms with E-state index in [1.807, 2.05) is 6.92 Å². The fraction of sp³-hybridized carbons (Fsp3) is 0.308. The normalized spacial score (nSPS) is 12.7. The lowest BCUT2D eigenvalue weighted by Crippen LogP contribution is -2.08. The van der Waals surface area contributed by atoms with Gasteiger partial charge in [0.25, 0.3) is 0 Å². The molecule has 0 spiro atoms. The minimum Gasteiger partial charge on any atom is -0.330 e. The lowest BCUT2D eigenvalue weighted by atomic mass is 10.1. The zero-order chi connectivity index (χ0) is 12.4. The van der Waals surface area contributed by atoms with Crippen molar-refractivity contribution < 1.29 is 4.39 Å². The van der Waals surface area contributed by atoms with Gasteiger partial charge in [-0.05, 0) is 37.7 Å². The van der Waals surface area contributed by atoms with E-state index in [0.29, 0.717) is 12.5 Å². The van der Waals surface area contributed by atoms with Gasteiger partial charge in [0.15, 0.2) is 0 Å². The Kier molecular flexibility index (Phi) is 3.54. The number of halogens is 1. The van der Waals surface area contributed by atoms with Crippen molar-refractivity contribution >= 4 is 11.3 Å². The molecule has 0 aliphatic heterocycles. The monoisotopic (exact) mass is 250 g/mol. The van der Waals surface area contributed by atoms with E-state index in [1.165, 1.54) is 17.0 Å². The molecule has 0 radical (unpaired) electrons. The topological polar surface area (TPSA) is 38.9 Å². The molecule has 0 saturated heterocycles. The van der Waals surface area contributed by atoms with Crippen molar-refractivity contribution in [2.24, 2.45) is 5.73 Å². The highest BCUT2D eigenvalue weighted by atomic mass is 32.1. The van der Waals surface area contributed by atoms with Crippen LogP contribution in [0.25, 0.3) is 10.6 Å². The number of benzene rings is 1. The summed E-state index contributed by atoms with van der Waals surface area (Å²) < 4.78 is 12.8. The van der Waals surface area contributed by atoms with Gasteiger partial charge >= 0.3 is 0 Å². The number of hydrogen-bond donors (Lipinski definition) is 1. The largest absolute Gasteiger partial charge is 0.330 e. The summed E-state index contributed by atoms with van der Waals surface area (Å²) in [6, 6.07) is 6.42. The molecule has 0 amide bonds. The maximum Gasteiger partial charge on any atom is 0.123 e. The lowest BCUT2D eigenvalue weighted by molar-refractivity contribution is 0.628. The predicted octanol–water partition coefficient (Wildman–Crippen LogP) is 3.32. The molecule has 2 N–H and O–H groups in total. The highest BCUT2D eigenvalue weighted by molar-refractivity contribution is 7.15. The van der Waals surface area contributed by atoms with Crippen molar-refractivity contribution in [3.05, 3.63) is 40.7 Å². The molecule has 0 saturated carbocycles. The van der Waals surface area contributed by atoms with Gasteiger partial charge in [0.1, 0.15) is 10.8 Å². The third kappa shape index (κ3) is 2.53. The molecule has 2 aromatic rings. The SMILES string of the molecule is Cc1nc(-c2ccc(F)cc2)sc1C(C)CN. The molecule has 17 heavy (non-hydrogen) atoms. The molecule has 1 aromatic heterocycles. The van der Waals surface area contributed by atoms with Crippen LogP contribution >= 0.6 is 11.3 Å². The van der Waals surface area contributed by atoms with Gasteiger partial charge in [-0.3, -0.25) is 0 Å². The Morgan fingerprint density at radius 3 is 2.59 bits per heavy atom. The summed E-state index contributed by atoms with van der Waals surface area (Å²) in [7, 11) is 0. The zero-order valence-electron chi connectivity index (χ0n) is 9.90. The van der Waals surface area contributed by atoms with E-state index >= 15 is 0 Å². The van der Waals surface area contributed by atoms with Gasteiger partial charge in [-0.15, -0.1) is 11.3 Å². The first-order valence-corrected chi connectivity index (χ1v) is 6.36. The molecule has 1 heterocycles. The summed E-state index contributed by atoms with van der Waals surface area (Å²) in [5.41, 5.74) is 7.64. The molecule has 4 heteroatoms. The van der Waals surface area contributed by atoms with Crippen LogP contribution in [0.5, 0.6) is 0 Å². The van der Waals surface area contributed by atoms with E-state index in [9.17, 15) is 4.39 Å². The molecule has 0 aliphatic carbocycles. The fourth-order valence-electron chi connectivity index (χ4n) is 1.69. The summed E-state index contributed by atoms with van der Waals surface area (Å²) in [5.74, 6) is 0.0966. The molecule has 0 fully saturated rings. The third-order valence-electron chi connectivity index (χ3n) is 2.72. The zero-order valence-corrected chi connectivity index (χ0v) is 10.7. The summed E-state index contributed by atoms with van der Waals surface area (Å²) >= 11 is 1.64. The second kappa shape index (κ2) is 4.94. The Morgan fingerprint density at radius 2 is 2.00 bits per heavy atom. The highest BCUT2D eigenvalue weighted by Crippen LogP contribution is 2.32. The Morgan fingerprint density at radius 1 is 1.35 bits per heavy atom. The third-order valence-corrected chi connectivity index (χ3v) is 4.16. The van der Waals surface area contributed by atoms with Crippen LogP contribution in [0.15, 0.2) is 24.3 Å². The van der Waals surface area contributed by atoms with Crippen LogP contribution in [-0.2, 0) is 0 Å². The first-order chi connectivity index (χ1) is 8.11. The van der Waals surface area contributed by atoms with Crippen molar-refractivity contribution in [2.75, 3.05) is 6.54 Å². The Bertz CT molecular complexity index is 505. The van der Waals surface area contributed by atoms with Gasteiger partial charge in [-0.25, -0.2) is 9.37 Å². The number of nitrogens with zero attached hydrogens (tertiary/aromatic N) is 1. The van der Waals surface area contributed by atoms with Crippen LogP contribution in [-0.4, -0.2) is 11.5 Å². The van der Waals surface area contributed by atoms with Crippen molar-refractivity contribution in [1.82, 2.24) is 4.98 Å². The Balaban J connectivity index is 2.37. The smallest absolute Gasteiger partial charge is 0.123 e. The second-order valence-electron chi connectivity index (χ2n) is 4.11. The number of thiazole rings is 1. The molecule has 1 unspecified atom stereocenters.